The highest BCUT2D eigenvalue weighted by Gasteiger charge is 2.20. The summed E-state index contributed by atoms with van der Waals surface area (Å²) in [6.45, 7) is 5.98. The van der Waals surface area contributed by atoms with Gasteiger partial charge in [0, 0.05) is 7.05 Å². The maximum atomic E-state index is 12.1. The average molecular weight is 284 g/mol. The van der Waals surface area contributed by atoms with E-state index in [1.807, 2.05) is 13.8 Å². The molecule has 0 aromatic carbocycles. The molecule has 1 aromatic heterocycles. The lowest BCUT2D eigenvalue weighted by Gasteiger charge is -2.13. The van der Waals surface area contributed by atoms with E-state index in [1.165, 1.54) is 30.8 Å². The van der Waals surface area contributed by atoms with Crippen molar-refractivity contribution in [2.45, 2.75) is 59.0 Å². The lowest BCUT2D eigenvalue weighted by atomic mass is 10.1. The van der Waals surface area contributed by atoms with Gasteiger partial charge in [0.1, 0.15) is 10.6 Å². The van der Waals surface area contributed by atoms with Gasteiger partial charge in [-0.05, 0) is 38.2 Å². The van der Waals surface area contributed by atoms with Crippen molar-refractivity contribution < 1.29 is 9.53 Å². The van der Waals surface area contributed by atoms with E-state index in [0.717, 1.165) is 23.5 Å². The van der Waals surface area contributed by atoms with Gasteiger partial charge in [-0.2, -0.15) is 4.37 Å². The molecule has 0 aliphatic carbocycles. The molecule has 0 saturated heterocycles. The van der Waals surface area contributed by atoms with Crippen molar-refractivity contribution >= 4 is 22.5 Å². The van der Waals surface area contributed by atoms with Crippen LogP contribution in [0, 0.1) is 6.92 Å². The van der Waals surface area contributed by atoms with Gasteiger partial charge in [-0.15, -0.1) is 0 Å². The monoisotopic (exact) mass is 284 g/mol. The number of rotatable bonds is 8. The summed E-state index contributed by atoms with van der Waals surface area (Å²) in [6, 6.07) is 0. The Bertz CT molecular complexity index is 404. The third-order valence-corrected chi connectivity index (χ3v) is 4.02. The SMILES string of the molecule is CCCCCCC(C)OC(=O)c1c(C)nsc1NC. The normalized spacial score (nSPS) is 12.2. The van der Waals surface area contributed by atoms with Crippen LogP contribution in [0.4, 0.5) is 5.00 Å². The molecule has 0 spiro atoms. The average Bonchev–Trinajstić information content (AvgIpc) is 2.75. The number of hydrogen-bond acceptors (Lipinski definition) is 5. The van der Waals surface area contributed by atoms with E-state index >= 15 is 0 Å². The molecule has 0 saturated carbocycles. The summed E-state index contributed by atoms with van der Waals surface area (Å²) in [7, 11) is 1.79. The maximum absolute atomic E-state index is 12.1. The standard InChI is InChI=1S/C14H24N2O2S/c1-5-6-7-8-9-10(2)18-14(17)12-11(3)16-19-13(12)15-4/h10,15H,5-9H2,1-4H3. The van der Waals surface area contributed by atoms with Crippen LogP contribution < -0.4 is 5.32 Å². The molecule has 5 heteroatoms. The van der Waals surface area contributed by atoms with E-state index in [2.05, 4.69) is 16.6 Å². The second-order valence-corrected chi connectivity index (χ2v) is 5.56. The Kier molecular flexibility index (Phi) is 6.84. The van der Waals surface area contributed by atoms with Crippen LogP contribution in [0.2, 0.25) is 0 Å². The number of carbonyl (C=O) groups is 1. The summed E-state index contributed by atoms with van der Waals surface area (Å²) in [6.07, 6.45) is 5.68. The zero-order chi connectivity index (χ0) is 14.3. The molecule has 0 amide bonds. The summed E-state index contributed by atoms with van der Waals surface area (Å²) >= 11 is 1.29. The van der Waals surface area contributed by atoms with E-state index in [9.17, 15) is 4.79 Å². The predicted octanol–water partition coefficient (Wildman–Crippen LogP) is 4.01. The van der Waals surface area contributed by atoms with Gasteiger partial charge in [0.15, 0.2) is 0 Å². The fraction of sp³-hybridized carbons (Fsp3) is 0.714. The van der Waals surface area contributed by atoms with Crippen LogP contribution in [0.25, 0.3) is 0 Å². The minimum Gasteiger partial charge on any atom is -0.459 e. The van der Waals surface area contributed by atoms with Gasteiger partial charge in [-0.3, -0.25) is 0 Å². The second kappa shape index (κ2) is 8.15. The molecule has 108 valence electrons. The number of esters is 1. The van der Waals surface area contributed by atoms with E-state index in [0.29, 0.717) is 5.56 Å². The Balaban J connectivity index is 2.47. The minimum absolute atomic E-state index is 0.0339. The first kappa shape index (κ1) is 16.0. The minimum atomic E-state index is -0.265. The Morgan fingerprint density at radius 3 is 2.79 bits per heavy atom. The summed E-state index contributed by atoms with van der Waals surface area (Å²) in [5, 5.41) is 3.76. The molecule has 0 aliphatic rings. The maximum Gasteiger partial charge on any atom is 0.343 e. The number of aryl methyl sites for hydroxylation is 1. The number of hydrogen-bond donors (Lipinski definition) is 1. The van der Waals surface area contributed by atoms with Crippen LogP contribution >= 0.6 is 11.5 Å². The van der Waals surface area contributed by atoms with Crippen molar-refractivity contribution in [1.82, 2.24) is 4.37 Å². The van der Waals surface area contributed by atoms with Gasteiger partial charge in [-0.1, -0.05) is 26.2 Å². The highest BCUT2D eigenvalue weighted by molar-refractivity contribution is 7.10. The van der Waals surface area contributed by atoms with Crippen molar-refractivity contribution in [1.29, 1.82) is 0 Å². The first-order valence-corrected chi connectivity index (χ1v) is 7.72. The third kappa shape index (κ3) is 4.82. The first-order valence-electron chi connectivity index (χ1n) is 6.95. The molecule has 1 rings (SSSR count). The third-order valence-electron chi connectivity index (χ3n) is 3.07. The van der Waals surface area contributed by atoms with E-state index in [1.54, 1.807) is 7.05 Å². The largest absolute Gasteiger partial charge is 0.459 e. The summed E-state index contributed by atoms with van der Waals surface area (Å²) in [5.74, 6) is -0.265. The number of anilines is 1. The van der Waals surface area contributed by atoms with Crippen LogP contribution in [0.1, 0.15) is 62.0 Å². The Labute approximate surface area is 119 Å². The number of carbonyl (C=O) groups excluding carboxylic acids is 1. The van der Waals surface area contributed by atoms with Gasteiger partial charge < -0.3 is 10.1 Å². The van der Waals surface area contributed by atoms with Crippen LogP contribution in [0.5, 0.6) is 0 Å². The number of ether oxygens (including phenoxy) is 1. The zero-order valence-electron chi connectivity index (χ0n) is 12.3. The number of nitrogens with one attached hydrogen (secondary N) is 1. The van der Waals surface area contributed by atoms with Gasteiger partial charge in [-0.25, -0.2) is 4.79 Å². The predicted molar refractivity (Wildman–Crippen MR) is 80.0 cm³/mol. The van der Waals surface area contributed by atoms with Crippen LogP contribution in [0.15, 0.2) is 0 Å². The summed E-state index contributed by atoms with van der Waals surface area (Å²) < 4.78 is 9.67. The lowest BCUT2D eigenvalue weighted by molar-refractivity contribution is 0.0320. The first-order chi connectivity index (χ1) is 9.10. The summed E-state index contributed by atoms with van der Waals surface area (Å²) in [5.41, 5.74) is 1.31. The molecule has 1 N–H and O–H groups in total. The van der Waals surface area contributed by atoms with Crippen LogP contribution in [-0.4, -0.2) is 23.5 Å². The molecular weight excluding hydrogens is 260 g/mol. The topological polar surface area (TPSA) is 51.2 Å². The molecule has 19 heavy (non-hydrogen) atoms. The molecule has 0 bridgehead atoms. The Morgan fingerprint density at radius 2 is 2.16 bits per heavy atom. The Hall–Kier alpha value is -1.10. The van der Waals surface area contributed by atoms with Crippen molar-refractivity contribution in [2.75, 3.05) is 12.4 Å². The van der Waals surface area contributed by atoms with E-state index in [-0.39, 0.29) is 12.1 Å². The van der Waals surface area contributed by atoms with Crippen molar-refractivity contribution in [3.63, 3.8) is 0 Å². The summed E-state index contributed by atoms with van der Waals surface area (Å²) in [4.78, 5) is 12.1. The smallest absolute Gasteiger partial charge is 0.343 e. The quantitative estimate of drug-likeness (QED) is 0.579. The lowest BCUT2D eigenvalue weighted by Crippen LogP contribution is -2.16. The van der Waals surface area contributed by atoms with E-state index < -0.39 is 0 Å². The highest BCUT2D eigenvalue weighted by atomic mass is 32.1. The van der Waals surface area contributed by atoms with Crippen molar-refractivity contribution in [2.24, 2.45) is 0 Å². The van der Waals surface area contributed by atoms with Crippen molar-refractivity contribution in [3.8, 4) is 0 Å². The molecule has 1 heterocycles. The zero-order valence-corrected chi connectivity index (χ0v) is 13.1. The Morgan fingerprint density at radius 1 is 1.42 bits per heavy atom. The fourth-order valence-corrected chi connectivity index (χ4v) is 2.67. The van der Waals surface area contributed by atoms with Crippen LogP contribution in [-0.2, 0) is 4.74 Å². The number of unbranched alkanes of at least 4 members (excludes halogenated alkanes) is 3. The number of aromatic nitrogens is 1. The number of nitrogens with zero attached hydrogens (tertiary/aromatic N) is 1. The molecule has 0 radical (unpaired) electrons. The van der Waals surface area contributed by atoms with Gasteiger partial charge in [0.25, 0.3) is 0 Å². The van der Waals surface area contributed by atoms with Crippen molar-refractivity contribution in [3.05, 3.63) is 11.3 Å². The van der Waals surface area contributed by atoms with E-state index in [4.69, 9.17) is 4.74 Å². The van der Waals surface area contributed by atoms with Gasteiger partial charge in [0.2, 0.25) is 0 Å². The molecule has 4 nitrogen and oxygen atoms in total. The second-order valence-electron chi connectivity index (χ2n) is 4.79. The molecule has 1 aromatic rings. The fourth-order valence-electron chi connectivity index (χ4n) is 1.94. The van der Waals surface area contributed by atoms with Gasteiger partial charge >= 0.3 is 5.97 Å². The molecule has 1 unspecified atom stereocenters. The van der Waals surface area contributed by atoms with Crippen LogP contribution in [0.3, 0.4) is 0 Å². The molecule has 0 fully saturated rings. The molecular formula is C14H24N2O2S. The molecule has 0 aliphatic heterocycles. The highest BCUT2D eigenvalue weighted by Crippen LogP contribution is 2.25. The molecule has 1 atom stereocenters. The van der Waals surface area contributed by atoms with Gasteiger partial charge in [0.05, 0.1) is 11.8 Å².